The first-order valence-corrected chi connectivity index (χ1v) is 7.42. The molecule has 20 heavy (non-hydrogen) atoms. The molecule has 1 saturated heterocycles. The van der Waals surface area contributed by atoms with Crippen LogP contribution in [-0.4, -0.2) is 66.2 Å². The van der Waals surface area contributed by atoms with Crippen LogP contribution in [0.4, 0.5) is 4.79 Å². The summed E-state index contributed by atoms with van der Waals surface area (Å²) in [6.45, 7) is 1.69. The first-order valence-electron chi connectivity index (χ1n) is 7.42. The topological polar surface area (TPSA) is 72.9 Å². The van der Waals surface area contributed by atoms with Crippen LogP contribution in [0.15, 0.2) is 0 Å². The van der Waals surface area contributed by atoms with E-state index in [0.29, 0.717) is 12.8 Å². The molecule has 6 nitrogen and oxygen atoms in total. The van der Waals surface area contributed by atoms with E-state index in [2.05, 4.69) is 10.2 Å². The van der Waals surface area contributed by atoms with Crippen molar-refractivity contribution in [1.29, 1.82) is 0 Å². The Kier molecular flexibility index (Phi) is 4.86. The van der Waals surface area contributed by atoms with E-state index in [4.69, 9.17) is 5.11 Å². The third-order valence-electron chi connectivity index (χ3n) is 4.32. The van der Waals surface area contributed by atoms with E-state index in [1.54, 1.807) is 0 Å². The Labute approximate surface area is 120 Å². The van der Waals surface area contributed by atoms with Crippen LogP contribution in [-0.2, 0) is 4.79 Å². The Morgan fingerprint density at radius 1 is 1.30 bits per heavy atom. The Morgan fingerprint density at radius 3 is 2.65 bits per heavy atom. The monoisotopic (exact) mass is 283 g/mol. The minimum atomic E-state index is -0.742. The van der Waals surface area contributed by atoms with Gasteiger partial charge in [0.25, 0.3) is 0 Å². The second kappa shape index (κ2) is 6.43. The number of nitrogens with one attached hydrogen (secondary N) is 1. The van der Waals surface area contributed by atoms with Crippen LogP contribution < -0.4 is 5.32 Å². The van der Waals surface area contributed by atoms with Crippen LogP contribution >= 0.6 is 0 Å². The zero-order valence-corrected chi connectivity index (χ0v) is 12.3. The van der Waals surface area contributed by atoms with E-state index in [-0.39, 0.29) is 24.0 Å². The number of nitrogens with zero attached hydrogens (tertiary/aromatic N) is 2. The van der Waals surface area contributed by atoms with Gasteiger partial charge in [-0.15, -0.1) is 0 Å². The van der Waals surface area contributed by atoms with Gasteiger partial charge < -0.3 is 20.2 Å². The Hall–Kier alpha value is -1.30. The molecule has 0 aromatic rings. The van der Waals surface area contributed by atoms with Crippen molar-refractivity contribution in [1.82, 2.24) is 15.1 Å². The summed E-state index contributed by atoms with van der Waals surface area (Å²) in [5.74, 6) is -1.04. The van der Waals surface area contributed by atoms with Crippen LogP contribution in [0.1, 0.15) is 32.1 Å². The molecule has 1 aliphatic heterocycles. The molecular formula is C14H25N3O3. The summed E-state index contributed by atoms with van der Waals surface area (Å²) >= 11 is 0. The quantitative estimate of drug-likeness (QED) is 0.806. The van der Waals surface area contributed by atoms with Gasteiger partial charge in [-0.1, -0.05) is 0 Å². The van der Waals surface area contributed by atoms with E-state index in [1.807, 2.05) is 19.0 Å². The zero-order chi connectivity index (χ0) is 14.7. The predicted molar refractivity (Wildman–Crippen MR) is 75.6 cm³/mol. The van der Waals surface area contributed by atoms with Gasteiger partial charge in [-0.2, -0.15) is 0 Å². The number of amides is 2. The SMILES string of the molecule is CN(C)CC1CCCN1C(=O)N[C@H]1CC[C@@H](C(=O)O)C1. The highest BCUT2D eigenvalue weighted by atomic mass is 16.4. The van der Waals surface area contributed by atoms with Crippen LogP contribution in [0.3, 0.4) is 0 Å². The molecule has 1 saturated carbocycles. The van der Waals surface area contributed by atoms with Crippen molar-refractivity contribution in [2.75, 3.05) is 27.2 Å². The first kappa shape index (κ1) is 15.1. The molecule has 2 N–H and O–H groups in total. The van der Waals surface area contributed by atoms with E-state index in [9.17, 15) is 9.59 Å². The third kappa shape index (κ3) is 3.62. The number of hydrogen-bond donors (Lipinski definition) is 2. The number of carbonyl (C=O) groups excluding carboxylic acids is 1. The fourth-order valence-electron chi connectivity index (χ4n) is 3.31. The van der Waals surface area contributed by atoms with Gasteiger partial charge in [0.05, 0.1) is 5.92 Å². The van der Waals surface area contributed by atoms with Crippen LogP contribution in [0, 0.1) is 5.92 Å². The maximum absolute atomic E-state index is 12.3. The average molecular weight is 283 g/mol. The summed E-state index contributed by atoms with van der Waals surface area (Å²) in [7, 11) is 4.03. The van der Waals surface area contributed by atoms with Crippen LogP contribution in [0.2, 0.25) is 0 Å². The molecule has 1 unspecified atom stereocenters. The van der Waals surface area contributed by atoms with Crippen molar-refractivity contribution < 1.29 is 14.7 Å². The lowest BCUT2D eigenvalue weighted by Gasteiger charge is -2.28. The fourth-order valence-corrected chi connectivity index (χ4v) is 3.31. The molecule has 3 atom stereocenters. The van der Waals surface area contributed by atoms with Crippen molar-refractivity contribution in [3.05, 3.63) is 0 Å². The Balaban J connectivity index is 1.84. The number of aliphatic carboxylic acids is 1. The van der Waals surface area contributed by atoms with Crippen molar-refractivity contribution in [3.8, 4) is 0 Å². The number of carboxylic acids is 1. The molecular weight excluding hydrogens is 258 g/mol. The van der Waals surface area contributed by atoms with Crippen molar-refractivity contribution >= 4 is 12.0 Å². The lowest BCUT2D eigenvalue weighted by atomic mass is 10.1. The number of hydrogen-bond acceptors (Lipinski definition) is 3. The molecule has 0 aromatic heterocycles. The Morgan fingerprint density at radius 2 is 2.05 bits per heavy atom. The lowest BCUT2D eigenvalue weighted by Crippen LogP contribution is -2.48. The third-order valence-corrected chi connectivity index (χ3v) is 4.32. The van der Waals surface area contributed by atoms with E-state index >= 15 is 0 Å². The largest absolute Gasteiger partial charge is 0.481 e. The molecule has 6 heteroatoms. The van der Waals surface area contributed by atoms with Crippen LogP contribution in [0.5, 0.6) is 0 Å². The fraction of sp³-hybridized carbons (Fsp3) is 0.857. The van der Waals surface area contributed by atoms with Crippen molar-refractivity contribution in [2.45, 2.75) is 44.2 Å². The lowest BCUT2D eigenvalue weighted by molar-refractivity contribution is -0.141. The van der Waals surface area contributed by atoms with Gasteiger partial charge >= 0.3 is 12.0 Å². The van der Waals surface area contributed by atoms with Gasteiger partial charge in [-0.25, -0.2) is 4.79 Å². The summed E-state index contributed by atoms with van der Waals surface area (Å²) < 4.78 is 0. The highest BCUT2D eigenvalue weighted by Crippen LogP contribution is 2.26. The van der Waals surface area contributed by atoms with Crippen molar-refractivity contribution in [2.24, 2.45) is 5.92 Å². The number of urea groups is 1. The molecule has 1 heterocycles. The smallest absolute Gasteiger partial charge is 0.317 e. The number of carboxylic acid groups (broad SMARTS) is 1. The maximum atomic E-state index is 12.3. The summed E-state index contributed by atoms with van der Waals surface area (Å²) in [5, 5.41) is 12.0. The van der Waals surface area contributed by atoms with E-state index in [1.165, 1.54) is 0 Å². The molecule has 2 aliphatic rings. The second-order valence-electron chi connectivity index (χ2n) is 6.25. The van der Waals surface area contributed by atoms with Gasteiger partial charge in [-0.3, -0.25) is 4.79 Å². The minimum Gasteiger partial charge on any atom is -0.481 e. The van der Waals surface area contributed by atoms with Crippen LogP contribution in [0.25, 0.3) is 0 Å². The van der Waals surface area contributed by atoms with Gasteiger partial charge in [0, 0.05) is 25.2 Å². The van der Waals surface area contributed by atoms with Gasteiger partial charge in [-0.05, 0) is 46.2 Å². The normalized spacial score (nSPS) is 29.9. The Bertz CT molecular complexity index is 373. The van der Waals surface area contributed by atoms with Crippen molar-refractivity contribution in [3.63, 3.8) is 0 Å². The molecule has 2 amide bonds. The highest BCUT2D eigenvalue weighted by molar-refractivity contribution is 5.76. The molecule has 1 aliphatic carbocycles. The van der Waals surface area contributed by atoms with E-state index in [0.717, 1.165) is 32.4 Å². The molecule has 0 radical (unpaired) electrons. The predicted octanol–water partition coefficient (Wildman–Crippen LogP) is 0.975. The summed E-state index contributed by atoms with van der Waals surface area (Å²) in [6.07, 6.45) is 4.10. The standard InChI is InChI=1S/C14H25N3O3/c1-16(2)9-12-4-3-7-17(12)14(20)15-11-6-5-10(8-11)13(18)19/h10-12H,3-9H2,1-2H3,(H,15,20)(H,18,19)/t10-,11+,12?/m1/s1. The molecule has 2 rings (SSSR count). The maximum Gasteiger partial charge on any atom is 0.317 e. The molecule has 0 aromatic carbocycles. The van der Waals surface area contributed by atoms with Gasteiger partial charge in [0.2, 0.25) is 0 Å². The number of carbonyl (C=O) groups is 2. The first-order chi connectivity index (χ1) is 9.47. The zero-order valence-electron chi connectivity index (χ0n) is 12.3. The molecule has 2 fully saturated rings. The number of likely N-dealkylation sites (tertiary alicyclic amines) is 1. The molecule has 0 spiro atoms. The second-order valence-corrected chi connectivity index (χ2v) is 6.25. The van der Waals surface area contributed by atoms with Gasteiger partial charge in [0.1, 0.15) is 0 Å². The number of rotatable bonds is 4. The average Bonchev–Trinajstić information content (AvgIpc) is 2.97. The summed E-state index contributed by atoms with van der Waals surface area (Å²) in [4.78, 5) is 27.3. The summed E-state index contributed by atoms with van der Waals surface area (Å²) in [6, 6.07) is 0.274. The molecule has 0 bridgehead atoms. The molecule has 114 valence electrons. The number of likely N-dealkylation sites (N-methyl/N-ethyl adjacent to an activating group) is 1. The minimum absolute atomic E-state index is 0.0178. The van der Waals surface area contributed by atoms with Gasteiger partial charge in [0.15, 0.2) is 0 Å². The van der Waals surface area contributed by atoms with E-state index < -0.39 is 5.97 Å². The summed E-state index contributed by atoms with van der Waals surface area (Å²) in [5.41, 5.74) is 0. The highest BCUT2D eigenvalue weighted by Gasteiger charge is 2.34.